The summed E-state index contributed by atoms with van der Waals surface area (Å²) < 4.78 is 16.2. The zero-order valence-electron chi connectivity index (χ0n) is 8.30. The van der Waals surface area contributed by atoms with Crippen LogP contribution in [0.5, 0.6) is 17.2 Å². The Kier molecular flexibility index (Phi) is 2.56. The molecule has 1 heterocycles. The van der Waals surface area contributed by atoms with E-state index in [1.54, 1.807) is 13.2 Å². The third-order valence-corrected chi connectivity index (χ3v) is 2.96. The minimum Gasteiger partial charge on any atom is -0.495 e. The second kappa shape index (κ2) is 3.73. The molecule has 2 rings (SSSR count). The van der Waals surface area contributed by atoms with Gasteiger partial charge in [-0.15, -0.1) is 0 Å². The number of methoxy groups -OCH3 is 2. The standard InChI is InChI=1S/C10H9BrO4/c1-13-7-3-6-8(5(12)4-15-6)10(14-2)9(7)11/h3H,4H2,1-2H3. The molecule has 1 aliphatic rings. The van der Waals surface area contributed by atoms with Crippen molar-refractivity contribution in [1.82, 2.24) is 0 Å². The van der Waals surface area contributed by atoms with Crippen LogP contribution in [-0.4, -0.2) is 26.6 Å². The summed E-state index contributed by atoms with van der Waals surface area (Å²) in [5, 5.41) is 0. The van der Waals surface area contributed by atoms with Crippen molar-refractivity contribution < 1.29 is 19.0 Å². The van der Waals surface area contributed by atoms with Gasteiger partial charge in [-0.2, -0.15) is 0 Å². The van der Waals surface area contributed by atoms with Gasteiger partial charge in [0.2, 0.25) is 5.78 Å². The first kappa shape index (κ1) is 10.3. The number of rotatable bonds is 2. The highest BCUT2D eigenvalue weighted by atomic mass is 79.9. The fourth-order valence-electron chi connectivity index (χ4n) is 1.52. The topological polar surface area (TPSA) is 44.8 Å². The van der Waals surface area contributed by atoms with Crippen LogP contribution in [0.15, 0.2) is 10.5 Å². The molecule has 4 nitrogen and oxygen atoms in total. The molecule has 0 saturated heterocycles. The summed E-state index contributed by atoms with van der Waals surface area (Å²) in [4.78, 5) is 11.5. The van der Waals surface area contributed by atoms with E-state index in [4.69, 9.17) is 14.2 Å². The Labute approximate surface area is 95.3 Å². The Morgan fingerprint density at radius 1 is 1.40 bits per heavy atom. The van der Waals surface area contributed by atoms with E-state index in [1.807, 2.05) is 0 Å². The van der Waals surface area contributed by atoms with Crippen molar-refractivity contribution in [2.75, 3.05) is 20.8 Å². The number of hydrogen-bond acceptors (Lipinski definition) is 4. The maximum absolute atomic E-state index is 11.5. The van der Waals surface area contributed by atoms with Crippen molar-refractivity contribution in [3.05, 3.63) is 16.1 Å². The minimum atomic E-state index is -0.0785. The summed E-state index contributed by atoms with van der Waals surface area (Å²) in [5.74, 6) is 1.48. The van der Waals surface area contributed by atoms with E-state index >= 15 is 0 Å². The van der Waals surface area contributed by atoms with Crippen LogP contribution in [0, 0.1) is 0 Å². The number of ether oxygens (including phenoxy) is 3. The molecule has 0 bridgehead atoms. The van der Waals surface area contributed by atoms with E-state index < -0.39 is 0 Å². The first-order chi connectivity index (χ1) is 7.19. The summed E-state index contributed by atoms with van der Waals surface area (Å²) >= 11 is 3.32. The van der Waals surface area contributed by atoms with Gasteiger partial charge < -0.3 is 14.2 Å². The largest absolute Gasteiger partial charge is 0.495 e. The molecule has 1 aromatic rings. The van der Waals surface area contributed by atoms with Crippen LogP contribution in [0.1, 0.15) is 10.4 Å². The van der Waals surface area contributed by atoms with E-state index in [0.29, 0.717) is 27.3 Å². The Morgan fingerprint density at radius 3 is 2.73 bits per heavy atom. The van der Waals surface area contributed by atoms with Gasteiger partial charge in [0, 0.05) is 6.07 Å². The molecule has 1 aromatic carbocycles. The van der Waals surface area contributed by atoms with Crippen molar-refractivity contribution in [3.8, 4) is 17.2 Å². The molecule has 0 spiro atoms. The molecule has 0 aromatic heterocycles. The Hall–Kier alpha value is -1.23. The van der Waals surface area contributed by atoms with Gasteiger partial charge in [0.15, 0.2) is 12.4 Å². The number of benzene rings is 1. The highest BCUT2D eigenvalue weighted by Gasteiger charge is 2.29. The van der Waals surface area contributed by atoms with Crippen LogP contribution in [0.2, 0.25) is 0 Å². The molecular weight excluding hydrogens is 264 g/mol. The second-order valence-electron chi connectivity index (χ2n) is 3.01. The lowest BCUT2D eigenvalue weighted by atomic mass is 10.1. The van der Waals surface area contributed by atoms with Crippen LogP contribution >= 0.6 is 15.9 Å². The molecule has 0 amide bonds. The maximum Gasteiger partial charge on any atom is 0.207 e. The van der Waals surface area contributed by atoms with Gasteiger partial charge in [0.1, 0.15) is 21.5 Å². The number of ketones is 1. The Balaban J connectivity index is 2.69. The molecule has 0 radical (unpaired) electrons. The average Bonchev–Trinajstić information content (AvgIpc) is 2.60. The molecule has 0 N–H and O–H groups in total. The van der Waals surface area contributed by atoms with Crippen LogP contribution in [0.25, 0.3) is 0 Å². The van der Waals surface area contributed by atoms with Crippen molar-refractivity contribution in [2.24, 2.45) is 0 Å². The van der Waals surface area contributed by atoms with Gasteiger partial charge >= 0.3 is 0 Å². The molecule has 80 valence electrons. The zero-order valence-corrected chi connectivity index (χ0v) is 9.88. The van der Waals surface area contributed by atoms with E-state index in [9.17, 15) is 4.79 Å². The number of Topliss-reactive ketones (excluding diaryl/α,β-unsaturated/α-hetero) is 1. The summed E-state index contributed by atoms with van der Waals surface area (Å²) in [5.41, 5.74) is 0.477. The van der Waals surface area contributed by atoms with Gasteiger partial charge in [0.05, 0.1) is 14.2 Å². The number of fused-ring (bicyclic) bond motifs is 1. The molecule has 0 unspecified atom stereocenters. The normalized spacial score (nSPS) is 13.4. The van der Waals surface area contributed by atoms with Gasteiger partial charge in [-0.1, -0.05) is 0 Å². The molecular formula is C10H9BrO4. The molecule has 15 heavy (non-hydrogen) atoms. The van der Waals surface area contributed by atoms with Crippen molar-refractivity contribution in [3.63, 3.8) is 0 Å². The average molecular weight is 273 g/mol. The van der Waals surface area contributed by atoms with Crippen LogP contribution in [0.3, 0.4) is 0 Å². The highest BCUT2D eigenvalue weighted by molar-refractivity contribution is 9.10. The number of carbonyl (C=O) groups excluding carboxylic acids is 1. The fraction of sp³-hybridized carbons (Fsp3) is 0.300. The quantitative estimate of drug-likeness (QED) is 0.827. The third kappa shape index (κ3) is 1.47. The summed E-state index contributed by atoms with van der Waals surface area (Å²) in [7, 11) is 3.05. The second-order valence-corrected chi connectivity index (χ2v) is 3.80. The zero-order chi connectivity index (χ0) is 11.0. The smallest absolute Gasteiger partial charge is 0.207 e. The van der Waals surface area contributed by atoms with Crippen LogP contribution in [-0.2, 0) is 0 Å². The predicted molar refractivity (Wildman–Crippen MR) is 57.1 cm³/mol. The van der Waals surface area contributed by atoms with Crippen LogP contribution in [0.4, 0.5) is 0 Å². The van der Waals surface area contributed by atoms with E-state index in [1.165, 1.54) is 7.11 Å². The molecule has 1 aliphatic heterocycles. The van der Waals surface area contributed by atoms with Gasteiger partial charge in [-0.3, -0.25) is 4.79 Å². The van der Waals surface area contributed by atoms with Crippen molar-refractivity contribution >= 4 is 21.7 Å². The van der Waals surface area contributed by atoms with Gasteiger partial charge in [-0.05, 0) is 15.9 Å². The summed E-state index contributed by atoms with van der Waals surface area (Å²) in [6.45, 7) is 0.0608. The summed E-state index contributed by atoms with van der Waals surface area (Å²) in [6.07, 6.45) is 0. The first-order valence-electron chi connectivity index (χ1n) is 4.29. The molecule has 0 fully saturated rings. The molecule has 0 saturated carbocycles. The lowest BCUT2D eigenvalue weighted by molar-refractivity contribution is 0.0959. The molecule has 0 atom stereocenters. The number of halogens is 1. The van der Waals surface area contributed by atoms with Gasteiger partial charge in [-0.25, -0.2) is 0 Å². The number of carbonyl (C=O) groups is 1. The fourth-order valence-corrected chi connectivity index (χ4v) is 2.16. The Bertz CT molecular complexity index is 428. The van der Waals surface area contributed by atoms with Crippen molar-refractivity contribution in [1.29, 1.82) is 0 Å². The lowest BCUT2D eigenvalue weighted by Gasteiger charge is -2.11. The Morgan fingerprint density at radius 2 is 2.13 bits per heavy atom. The van der Waals surface area contributed by atoms with E-state index in [-0.39, 0.29) is 12.4 Å². The minimum absolute atomic E-state index is 0.0608. The third-order valence-electron chi connectivity index (χ3n) is 2.21. The molecule has 5 heteroatoms. The monoisotopic (exact) mass is 272 g/mol. The van der Waals surface area contributed by atoms with E-state index in [0.717, 1.165) is 0 Å². The lowest BCUT2D eigenvalue weighted by Crippen LogP contribution is -2.01. The van der Waals surface area contributed by atoms with E-state index in [2.05, 4.69) is 15.9 Å². The molecule has 0 aliphatic carbocycles. The van der Waals surface area contributed by atoms with Crippen LogP contribution < -0.4 is 14.2 Å². The maximum atomic E-state index is 11.5. The van der Waals surface area contributed by atoms with Gasteiger partial charge in [0.25, 0.3) is 0 Å². The predicted octanol–water partition coefficient (Wildman–Crippen LogP) is 2.04. The first-order valence-corrected chi connectivity index (χ1v) is 5.08. The summed E-state index contributed by atoms with van der Waals surface area (Å²) in [6, 6.07) is 1.67. The SMILES string of the molecule is COc1cc2c(c(OC)c1Br)C(=O)CO2. The van der Waals surface area contributed by atoms with Crippen molar-refractivity contribution in [2.45, 2.75) is 0 Å². The number of hydrogen-bond donors (Lipinski definition) is 0. The highest BCUT2D eigenvalue weighted by Crippen LogP contribution is 2.44.